The summed E-state index contributed by atoms with van der Waals surface area (Å²) in [4.78, 5) is 4.57. The number of benzene rings is 2. The van der Waals surface area contributed by atoms with E-state index in [1.165, 1.54) is 0 Å². The van der Waals surface area contributed by atoms with Gasteiger partial charge in [0.1, 0.15) is 11.6 Å². The molecule has 0 amide bonds. The third-order valence-electron chi connectivity index (χ3n) is 4.74. The smallest absolute Gasteiger partial charge is 0.146 e. The van der Waals surface area contributed by atoms with Crippen LogP contribution in [0.3, 0.4) is 0 Å². The van der Waals surface area contributed by atoms with Gasteiger partial charge < -0.3 is 5.11 Å². The van der Waals surface area contributed by atoms with Crippen molar-refractivity contribution in [3.63, 3.8) is 0 Å². The molecule has 1 aromatic heterocycles. The fraction of sp³-hybridized carbons (Fsp3) is 0.333. The van der Waals surface area contributed by atoms with Gasteiger partial charge in [0, 0.05) is 16.5 Å². The van der Waals surface area contributed by atoms with Crippen LogP contribution in [0.1, 0.15) is 58.2 Å². The lowest BCUT2D eigenvalue weighted by molar-refractivity contribution is 0.423. The number of fused-ring (bicyclic) bond motifs is 1. The third-order valence-corrected chi connectivity index (χ3v) is 4.74. The highest BCUT2D eigenvalue weighted by atomic mass is 16.3. The van der Waals surface area contributed by atoms with Crippen molar-refractivity contribution in [1.29, 1.82) is 0 Å². The number of hydrogen-bond donors (Lipinski definition) is 2. The van der Waals surface area contributed by atoms with Crippen LogP contribution in [0, 0.1) is 0 Å². The number of para-hydroxylation sites is 1. The summed E-state index contributed by atoms with van der Waals surface area (Å²) in [5.74, 6) is 1.07. The van der Waals surface area contributed by atoms with Gasteiger partial charge in [0.15, 0.2) is 0 Å². The van der Waals surface area contributed by atoms with E-state index in [-0.39, 0.29) is 10.8 Å². The molecule has 0 aliphatic rings. The normalized spacial score (nSPS) is 12.6. The Morgan fingerprint density at radius 1 is 0.893 bits per heavy atom. The number of aromatic nitrogens is 1. The molecule has 0 unspecified atom stereocenters. The Hall–Kier alpha value is -2.88. The van der Waals surface area contributed by atoms with Gasteiger partial charge in [-0.2, -0.15) is 5.10 Å². The zero-order valence-electron chi connectivity index (χ0n) is 17.5. The number of hydrazone groups is 1. The molecule has 0 radical (unpaired) electrons. The predicted octanol–water partition coefficient (Wildman–Crippen LogP) is 5.98. The first-order chi connectivity index (χ1) is 13.1. The summed E-state index contributed by atoms with van der Waals surface area (Å²) in [6, 6.07) is 15.9. The molecule has 28 heavy (non-hydrogen) atoms. The van der Waals surface area contributed by atoms with Crippen LogP contribution in [-0.4, -0.2) is 16.3 Å². The number of nitrogens with zero attached hydrogens (tertiary/aromatic N) is 2. The average molecular weight is 376 g/mol. The first-order valence-corrected chi connectivity index (χ1v) is 9.58. The van der Waals surface area contributed by atoms with E-state index in [0.717, 1.165) is 27.6 Å². The van der Waals surface area contributed by atoms with Crippen LogP contribution >= 0.6 is 0 Å². The lowest BCUT2D eigenvalue weighted by atomic mass is 9.78. The summed E-state index contributed by atoms with van der Waals surface area (Å²) in [7, 11) is 0. The van der Waals surface area contributed by atoms with Crippen LogP contribution < -0.4 is 5.43 Å². The van der Waals surface area contributed by atoms with Crippen LogP contribution in [0.25, 0.3) is 10.9 Å². The maximum atomic E-state index is 10.8. The second-order valence-electron chi connectivity index (χ2n) is 9.22. The monoisotopic (exact) mass is 375 g/mol. The largest absolute Gasteiger partial charge is 0.507 e. The molecule has 3 rings (SSSR count). The highest BCUT2D eigenvalue weighted by molar-refractivity contribution is 5.83. The van der Waals surface area contributed by atoms with E-state index < -0.39 is 0 Å². The molecular weight excluding hydrogens is 346 g/mol. The molecule has 0 saturated heterocycles. The average Bonchev–Trinajstić information content (AvgIpc) is 2.61. The van der Waals surface area contributed by atoms with Crippen LogP contribution in [0.4, 0.5) is 5.82 Å². The van der Waals surface area contributed by atoms with Crippen molar-refractivity contribution >= 4 is 22.9 Å². The van der Waals surface area contributed by atoms with Crippen LogP contribution in [-0.2, 0) is 10.8 Å². The second kappa shape index (κ2) is 7.27. The van der Waals surface area contributed by atoms with Crippen molar-refractivity contribution in [2.24, 2.45) is 5.10 Å². The van der Waals surface area contributed by atoms with E-state index in [1.807, 2.05) is 48.5 Å². The fourth-order valence-corrected chi connectivity index (χ4v) is 3.18. The van der Waals surface area contributed by atoms with Crippen molar-refractivity contribution in [3.05, 3.63) is 65.2 Å². The van der Waals surface area contributed by atoms with E-state index in [1.54, 1.807) is 6.21 Å². The number of anilines is 1. The van der Waals surface area contributed by atoms with E-state index in [2.05, 4.69) is 57.1 Å². The molecule has 0 bridgehead atoms. The van der Waals surface area contributed by atoms with E-state index in [0.29, 0.717) is 11.6 Å². The van der Waals surface area contributed by atoms with Gasteiger partial charge in [-0.25, -0.2) is 4.98 Å². The summed E-state index contributed by atoms with van der Waals surface area (Å²) in [5, 5.41) is 16.3. The second-order valence-corrected chi connectivity index (χ2v) is 9.22. The van der Waals surface area contributed by atoms with Crippen LogP contribution in [0.2, 0.25) is 0 Å². The number of pyridine rings is 1. The first kappa shape index (κ1) is 19.9. The minimum atomic E-state index is -0.165. The van der Waals surface area contributed by atoms with Gasteiger partial charge in [-0.05, 0) is 46.7 Å². The number of nitrogens with one attached hydrogen (secondary N) is 1. The van der Waals surface area contributed by atoms with Crippen molar-refractivity contribution in [1.82, 2.24) is 4.98 Å². The molecular formula is C24H29N3O. The zero-order chi connectivity index (χ0) is 20.5. The molecule has 4 nitrogen and oxygen atoms in total. The molecule has 0 atom stereocenters. The number of aromatic hydroxyl groups is 1. The summed E-state index contributed by atoms with van der Waals surface area (Å²) in [5.41, 5.74) is 6.40. The highest BCUT2D eigenvalue weighted by Gasteiger charge is 2.26. The fourth-order valence-electron chi connectivity index (χ4n) is 3.18. The molecule has 0 saturated carbocycles. The first-order valence-electron chi connectivity index (χ1n) is 9.58. The summed E-state index contributed by atoms with van der Waals surface area (Å²) >= 11 is 0. The van der Waals surface area contributed by atoms with Crippen LogP contribution in [0.5, 0.6) is 5.75 Å². The SMILES string of the molecule is CC(C)(C)c1cc(C=NNc2ccc3ccccc3n2)cc(C(C)(C)C)c1O. The molecule has 0 aliphatic heterocycles. The lowest BCUT2D eigenvalue weighted by Crippen LogP contribution is -2.18. The Morgan fingerprint density at radius 3 is 2.11 bits per heavy atom. The Kier molecular flexibility index (Phi) is 5.16. The number of rotatable bonds is 3. The van der Waals surface area contributed by atoms with Gasteiger partial charge in [0.25, 0.3) is 0 Å². The Bertz CT molecular complexity index is 989. The number of phenolic OH excluding ortho intramolecular Hbond substituents is 1. The van der Waals surface area contributed by atoms with Gasteiger partial charge in [0.2, 0.25) is 0 Å². The molecule has 1 heterocycles. The van der Waals surface area contributed by atoms with Gasteiger partial charge in [-0.3, -0.25) is 5.43 Å². The predicted molar refractivity (Wildman–Crippen MR) is 118 cm³/mol. The summed E-state index contributed by atoms with van der Waals surface area (Å²) in [6.07, 6.45) is 1.78. The van der Waals surface area contributed by atoms with Gasteiger partial charge in [0.05, 0.1) is 11.7 Å². The standard InChI is InChI=1S/C24H29N3O/c1-23(2,3)18-13-16(14-19(22(18)28)24(4,5)6)15-25-27-21-12-11-17-9-7-8-10-20(17)26-21/h7-15,28H,1-6H3,(H,26,27). The molecule has 2 aromatic carbocycles. The van der Waals surface area contributed by atoms with Crippen molar-refractivity contribution in [2.75, 3.05) is 5.43 Å². The maximum absolute atomic E-state index is 10.8. The van der Waals surface area contributed by atoms with E-state index in [4.69, 9.17) is 0 Å². The van der Waals surface area contributed by atoms with Gasteiger partial charge in [-0.15, -0.1) is 0 Å². The molecule has 146 valence electrons. The Labute approximate surface area is 167 Å². The maximum Gasteiger partial charge on any atom is 0.146 e. The zero-order valence-corrected chi connectivity index (χ0v) is 17.5. The van der Waals surface area contributed by atoms with Crippen molar-refractivity contribution in [2.45, 2.75) is 52.4 Å². The van der Waals surface area contributed by atoms with Gasteiger partial charge >= 0.3 is 0 Å². The quantitative estimate of drug-likeness (QED) is 0.437. The van der Waals surface area contributed by atoms with Crippen LogP contribution in [0.15, 0.2) is 53.6 Å². The molecule has 0 spiro atoms. The third kappa shape index (κ3) is 4.33. The molecule has 0 aliphatic carbocycles. The highest BCUT2D eigenvalue weighted by Crippen LogP contribution is 2.39. The van der Waals surface area contributed by atoms with E-state index in [9.17, 15) is 5.11 Å². The molecule has 2 N–H and O–H groups in total. The topological polar surface area (TPSA) is 57.5 Å². The molecule has 3 aromatic rings. The summed E-state index contributed by atoms with van der Waals surface area (Å²) in [6.45, 7) is 12.6. The number of phenols is 1. The lowest BCUT2D eigenvalue weighted by Gasteiger charge is -2.27. The van der Waals surface area contributed by atoms with Crippen molar-refractivity contribution < 1.29 is 5.11 Å². The number of hydrogen-bond acceptors (Lipinski definition) is 4. The molecule has 4 heteroatoms. The van der Waals surface area contributed by atoms with Crippen molar-refractivity contribution in [3.8, 4) is 5.75 Å². The Morgan fingerprint density at radius 2 is 1.50 bits per heavy atom. The Balaban J connectivity index is 1.92. The van der Waals surface area contributed by atoms with Gasteiger partial charge in [-0.1, -0.05) is 59.7 Å². The summed E-state index contributed by atoms with van der Waals surface area (Å²) < 4.78 is 0. The van der Waals surface area contributed by atoms with E-state index >= 15 is 0 Å². The molecule has 0 fully saturated rings. The minimum Gasteiger partial charge on any atom is -0.507 e. The minimum absolute atomic E-state index is 0.165.